The van der Waals surface area contributed by atoms with Crippen molar-refractivity contribution < 1.29 is 33.8 Å². The largest absolute Gasteiger partial charge is 0.481 e. The van der Waals surface area contributed by atoms with E-state index in [9.17, 15) is 29.1 Å². The Bertz CT molecular complexity index is 1520. The van der Waals surface area contributed by atoms with Crippen molar-refractivity contribution in [3.63, 3.8) is 0 Å². The maximum Gasteiger partial charge on any atom is 0.306 e. The van der Waals surface area contributed by atoms with Crippen molar-refractivity contribution in [1.29, 1.82) is 0 Å². The Morgan fingerprint density at radius 1 is 1.08 bits per heavy atom. The molecule has 1 aliphatic heterocycles. The van der Waals surface area contributed by atoms with Crippen molar-refractivity contribution in [2.75, 3.05) is 26.4 Å². The quantitative estimate of drug-likeness (QED) is 0.124. The number of likely N-dealkylation sites (N-methyl/N-ethyl adjacent to an activating group) is 2. The van der Waals surface area contributed by atoms with Crippen LogP contribution >= 0.6 is 11.3 Å². The van der Waals surface area contributed by atoms with E-state index in [-0.39, 0.29) is 48.2 Å². The van der Waals surface area contributed by atoms with Gasteiger partial charge in [-0.15, -0.1) is 11.3 Å². The average molecular weight is 743 g/mol. The first-order chi connectivity index (χ1) is 24.5. The van der Waals surface area contributed by atoms with E-state index in [1.54, 1.807) is 36.4 Å². The number of esters is 1. The second kappa shape index (κ2) is 19.7. The third-order valence-electron chi connectivity index (χ3n) is 10.1. The zero-order valence-electron chi connectivity index (χ0n) is 31.9. The molecule has 1 aromatic carbocycles. The van der Waals surface area contributed by atoms with Crippen LogP contribution in [0.1, 0.15) is 107 Å². The molecule has 2 aromatic rings. The van der Waals surface area contributed by atoms with Crippen LogP contribution in [0.3, 0.4) is 0 Å². The summed E-state index contributed by atoms with van der Waals surface area (Å²) in [5.74, 6) is -3.22. The number of anilines is 1. The van der Waals surface area contributed by atoms with E-state index >= 15 is 0 Å². The van der Waals surface area contributed by atoms with Gasteiger partial charge in [0.25, 0.3) is 5.91 Å². The molecular formula is C38H58N6O7S. The number of ether oxygens (including phenoxy) is 1. The summed E-state index contributed by atoms with van der Waals surface area (Å²) >= 11 is 1.17. The van der Waals surface area contributed by atoms with Gasteiger partial charge in [0.15, 0.2) is 6.10 Å². The van der Waals surface area contributed by atoms with Crippen molar-refractivity contribution in [3.8, 4) is 0 Å². The number of hydrogen-bond acceptors (Lipinski definition) is 10. The summed E-state index contributed by atoms with van der Waals surface area (Å²) in [5, 5.41) is 17.6. The molecular weight excluding hydrogens is 685 g/mol. The number of nitrogen functional groups attached to an aromatic ring is 1. The Kier molecular flexibility index (Phi) is 16.1. The maximum absolute atomic E-state index is 14.2. The SMILES string of the molecule is CCC(C)[C@H](NC(=O)[C@H]1CCCCN1C)C(=O)N(C)[C@H](C[C@@H](OC(C)=O)c1nc(C(=O)N[C@@H](Cc2ccc(N)cc2)C[C@@H](C)C(=O)O)cs1)C(C)C. The molecule has 3 amide bonds. The lowest BCUT2D eigenvalue weighted by molar-refractivity contribution is -0.149. The predicted octanol–water partition coefficient (Wildman–Crippen LogP) is 4.67. The molecule has 0 spiro atoms. The van der Waals surface area contributed by atoms with Gasteiger partial charge in [-0.3, -0.25) is 28.9 Å². The molecule has 1 fully saturated rings. The van der Waals surface area contributed by atoms with E-state index < -0.39 is 48.0 Å². The van der Waals surface area contributed by atoms with E-state index in [1.165, 1.54) is 18.3 Å². The molecule has 1 unspecified atom stereocenters. The summed E-state index contributed by atoms with van der Waals surface area (Å²) < 4.78 is 5.76. The molecule has 14 heteroatoms. The second-order valence-electron chi connectivity index (χ2n) is 14.6. The van der Waals surface area contributed by atoms with Crippen LogP contribution in [0.15, 0.2) is 29.6 Å². The fourth-order valence-electron chi connectivity index (χ4n) is 6.68. The Morgan fingerprint density at radius 3 is 2.33 bits per heavy atom. The number of carbonyl (C=O) groups excluding carboxylic acids is 4. The van der Waals surface area contributed by atoms with Gasteiger partial charge in [-0.25, -0.2) is 4.98 Å². The van der Waals surface area contributed by atoms with Crippen molar-refractivity contribution in [2.45, 2.75) is 117 Å². The van der Waals surface area contributed by atoms with E-state index in [0.29, 0.717) is 23.5 Å². The fraction of sp³-hybridized carbons (Fsp3) is 0.632. The molecule has 2 heterocycles. The number of likely N-dealkylation sites (tertiary alicyclic amines) is 1. The summed E-state index contributed by atoms with van der Waals surface area (Å²) in [6.45, 7) is 11.6. The third kappa shape index (κ3) is 12.0. The number of benzene rings is 1. The zero-order valence-corrected chi connectivity index (χ0v) is 32.7. The number of carbonyl (C=O) groups is 5. The number of aromatic nitrogens is 1. The topological polar surface area (TPSA) is 184 Å². The molecule has 1 aromatic heterocycles. The lowest BCUT2D eigenvalue weighted by Crippen LogP contribution is -2.58. The summed E-state index contributed by atoms with van der Waals surface area (Å²) in [4.78, 5) is 73.3. The summed E-state index contributed by atoms with van der Waals surface area (Å²) in [6, 6.07) is 5.27. The smallest absolute Gasteiger partial charge is 0.306 e. The molecule has 1 aliphatic rings. The monoisotopic (exact) mass is 742 g/mol. The summed E-state index contributed by atoms with van der Waals surface area (Å²) in [5.41, 5.74) is 7.42. The number of amides is 3. The van der Waals surface area contributed by atoms with Gasteiger partial charge in [0.05, 0.1) is 12.0 Å². The van der Waals surface area contributed by atoms with E-state index in [2.05, 4.69) is 15.6 Å². The minimum absolute atomic E-state index is 0.0576. The number of thiazole rings is 1. The van der Waals surface area contributed by atoms with Gasteiger partial charge in [-0.2, -0.15) is 0 Å². The number of carboxylic acids is 1. The first-order valence-electron chi connectivity index (χ1n) is 18.3. The standard InChI is InChI=1S/C38H58N6O7S/c1-9-23(4)33(42-35(47)30-12-10-11-17-43(30)7)37(48)44(8)31(22(2)3)20-32(51-25(6)45)36-41-29(21-52-36)34(46)40-28(18-24(5)38(49)50)19-26-13-15-27(39)16-14-26/h13-16,21-24,28,30-33H,9-12,17-20,39H2,1-8H3,(H,40,46)(H,42,47)(H,49,50)/t23?,24-,28-,30-,31-,32-,33+/m1/s1. The number of piperidine rings is 1. The van der Waals surface area contributed by atoms with Crippen molar-refractivity contribution in [1.82, 2.24) is 25.4 Å². The summed E-state index contributed by atoms with van der Waals surface area (Å²) in [7, 11) is 3.65. The number of carboxylic acid groups (broad SMARTS) is 1. The van der Waals surface area contributed by atoms with Crippen LogP contribution in [-0.2, 0) is 30.3 Å². The Labute approximate surface area is 312 Å². The van der Waals surface area contributed by atoms with Crippen molar-refractivity contribution in [2.24, 2.45) is 17.8 Å². The molecule has 13 nitrogen and oxygen atoms in total. The van der Waals surface area contributed by atoms with Gasteiger partial charge in [0, 0.05) is 43.5 Å². The molecule has 1 saturated heterocycles. The highest BCUT2D eigenvalue weighted by Gasteiger charge is 2.37. The maximum atomic E-state index is 14.2. The summed E-state index contributed by atoms with van der Waals surface area (Å²) in [6.07, 6.45) is 3.40. The molecule has 7 atom stereocenters. The average Bonchev–Trinajstić information content (AvgIpc) is 3.59. The van der Waals surface area contributed by atoms with Gasteiger partial charge < -0.3 is 31.1 Å². The van der Waals surface area contributed by atoms with Crippen LogP contribution in [0.5, 0.6) is 0 Å². The molecule has 288 valence electrons. The highest BCUT2D eigenvalue weighted by Crippen LogP contribution is 2.31. The van der Waals surface area contributed by atoms with Gasteiger partial charge in [0.1, 0.15) is 16.7 Å². The van der Waals surface area contributed by atoms with Crippen LogP contribution in [0.25, 0.3) is 0 Å². The van der Waals surface area contributed by atoms with Crippen molar-refractivity contribution >= 4 is 46.7 Å². The molecule has 3 rings (SSSR count). The van der Waals surface area contributed by atoms with Gasteiger partial charge in [-0.1, -0.05) is 59.6 Å². The Hall–Kier alpha value is -4.04. The highest BCUT2D eigenvalue weighted by molar-refractivity contribution is 7.09. The van der Waals surface area contributed by atoms with Crippen LogP contribution < -0.4 is 16.4 Å². The van der Waals surface area contributed by atoms with Gasteiger partial charge in [-0.05, 0) is 68.8 Å². The van der Waals surface area contributed by atoms with Crippen LogP contribution in [0.4, 0.5) is 5.69 Å². The third-order valence-corrected chi connectivity index (χ3v) is 11.1. The highest BCUT2D eigenvalue weighted by atomic mass is 32.1. The molecule has 52 heavy (non-hydrogen) atoms. The molecule has 0 saturated carbocycles. The number of nitrogens with two attached hydrogens (primary N) is 1. The lowest BCUT2D eigenvalue weighted by atomic mass is 9.92. The Morgan fingerprint density at radius 2 is 1.75 bits per heavy atom. The molecule has 0 radical (unpaired) electrons. The lowest BCUT2D eigenvalue weighted by Gasteiger charge is -2.38. The Balaban J connectivity index is 1.81. The predicted molar refractivity (Wildman–Crippen MR) is 202 cm³/mol. The second-order valence-corrected chi connectivity index (χ2v) is 15.5. The zero-order chi connectivity index (χ0) is 38.7. The van der Waals surface area contributed by atoms with Crippen LogP contribution in [0.2, 0.25) is 0 Å². The first kappa shape index (κ1) is 42.4. The number of hydrogen-bond donors (Lipinski definition) is 4. The van der Waals surface area contributed by atoms with E-state index in [1.807, 2.05) is 51.8 Å². The molecule has 5 N–H and O–H groups in total. The fourth-order valence-corrected chi connectivity index (χ4v) is 7.52. The number of nitrogens with one attached hydrogen (secondary N) is 2. The first-order valence-corrected chi connectivity index (χ1v) is 19.2. The number of rotatable bonds is 18. The number of nitrogens with zero attached hydrogens (tertiary/aromatic N) is 3. The minimum Gasteiger partial charge on any atom is -0.481 e. The van der Waals surface area contributed by atoms with Crippen molar-refractivity contribution in [3.05, 3.63) is 45.9 Å². The van der Waals surface area contributed by atoms with E-state index in [0.717, 1.165) is 31.4 Å². The van der Waals surface area contributed by atoms with Gasteiger partial charge in [0.2, 0.25) is 11.8 Å². The normalized spacial score (nSPS) is 18.4. The number of aliphatic carboxylic acids is 1. The molecule has 0 aliphatic carbocycles. The molecule has 0 bridgehead atoms. The minimum atomic E-state index is -0.963. The van der Waals surface area contributed by atoms with Gasteiger partial charge >= 0.3 is 11.9 Å². The van der Waals surface area contributed by atoms with E-state index in [4.69, 9.17) is 10.5 Å². The van der Waals surface area contributed by atoms with Crippen LogP contribution in [0, 0.1) is 17.8 Å². The van der Waals surface area contributed by atoms with Crippen LogP contribution in [-0.4, -0.2) is 94.4 Å².